The lowest BCUT2D eigenvalue weighted by molar-refractivity contribution is -0.133. The number of hydrogen-bond acceptors (Lipinski definition) is 5. The number of aromatic nitrogens is 2. The van der Waals surface area contributed by atoms with E-state index >= 15 is 0 Å². The van der Waals surface area contributed by atoms with E-state index in [1.165, 1.54) is 23.5 Å². The number of likely N-dealkylation sites (tertiary alicyclic amines) is 1. The standard InChI is InChI=1S/C19H18ClN5O3/c20-14-3-1-13(2-4-14)12-25-17(27)19(23-18(25)28)5-9-24(10-6-19)16(26)15-11-21-7-8-22-15/h1-4,7-8,11H,5-6,9-10,12H2,(H,23,28). The van der Waals surface area contributed by atoms with Crippen LogP contribution in [0.25, 0.3) is 0 Å². The summed E-state index contributed by atoms with van der Waals surface area (Å²) in [6.45, 7) is 0.901. The monoisotopic (exact) mass is 399 g/mol. The molecular weight excluding hydrogens is 382 g/mol. The van der Waals surface area contributed by atoms with Gasteiger partial charge in [-0.05, 0) is 30.5 Å². The SMILES string of the molecule is O=C(c1cnccn1)N1CCC2(CC1)NC(=O)N(Cc1ccc(Cl)cc1)C2=O. The maximum absolute atomic E-state index is 13.0. The van der Waals surface area contributed by atoms with Crippen LogP contribution in [0.4, 0.5) is 4.79 Å². The van der Waals surface area contributed by atoms with Crippen LogP contribution in [0, 0.1) is 0 Å². The summed E-state index contributed by atoms with van der Waals surface area (Å²) in [7, 11) is 0. The van der Waals surface area contributed by atoms with E-state index < -0.39 is 11.6 Å². The summed E-state index contributed by atoms with van der Waals surface area (Å²) in [5, 5.41) is 3.44. The normalized spacial score (nSPS) is 18.5. The Hall–Kier alpha value is -3.00. The van der Waals surface area contributed by atoms with Crippen molar-refractivity contribution >= 4 is 29.4 Å². The summed E-state index contributed by atoms with van der Waals surface area (Å²) in [5.74, 6) is -0.475. The van der Waals surface area contributed by atoms with Gasteiger partial charge in [-0.3, -0.25) is 19.5 Å². The van der Waals surface area contributed by atoms with Crippen molar-refractivity contribution in [1.82, 2.24) is 25.1 Å². The van der Waals surface area contributed by atoms with Gasteiger partial charge in [-0.25, -0.2) is 9.78 Å². The van der Waals surface area contributed by atoms with E-state index in [4.69, 9.17) is 11.6 Å². The van der Waals surface area contributed by atoms with Gasteiger partial charge in [0.15, 0.2) is 0 Å². The molecule has 144 valence electrons. The van der Waals surface area contributed by atoms with E-state index in [1.54, 1.807) is 29.2 Å². The van der Waals surface area contributed by atoms with Gasteiger partial charge in [-0.1, -0.05) is 23.7 Å². The number of imide groups is 1. The number of urea groups is 1. The maximum atomic E-state index is 13.0. The van der Waals surface area contributed by atoms with Crippen LogP contribution < -0.4 is 5.32 Å². The molecular formula is C19H18ClN5O3. The van der Waals surface area contributed by atoms with Crippen molar-refractivity contribution in [2.45, 2.75) is 24.9 Å². The molecule has 0 aliphatic carbocycles. The van der Waals surface area contributed by atoms with Crippen molar-refractivity contribution in [2.75, 3.05) is 13.1 Å². The number of hydrogen-bond donors (Lipinski definition) is 1. The number of carbonyl (C=O) groups is 3. The molecule has 9 heteroatoms. The number of rotatable bonds is 3. The lowest BCUT2D eigenvalue weighted by Gasteiger charge is -2.37. The van der Waals surface area contributed by atoms with Crippen LogP contribution in [0.15, 0.2) is 42.9 Å². The van der Waals surface area contributed by atoms with E-state index in [0.29, 0.717) is 31.0 Å². The van der Waals surface area contributed by atoms with E-state index in [-0.39, 0.29) is 24.1 Å². The number of amides is 4. The van der Waals surface area contributed by atoms with Crippen molar-refractivity contribution in [3.8, 4) is 0 Å². The molecule has 0 atom stereocenters. The fraction of sp³-hybridized carbons (Fsp3) is 0.316. The summed E-state index contributed by atoms with van der Waals surface area (Å²) in [6.07, 6.45) is 5.11. The Morgan fingerprint density at radius 3 is 2.50 bits per heavy atom. The van der Waals surface area contributed by atoms with Crippen LogP contribution in [0.5, 0.6) is 0 Å². The quantitative estimate of drug-likeness (QED) is 0.795. The zero-order chi connectivity index (χ0) is 19.7. The van der Waals surface area contributed by atoms with Crippen LogP contribution in [0.1, 0.15) is 28.9 Å². The topological polar surface area (TPSA) is 95.5 Å². The van der Waals surface area contributed by atoms with Gasteiger partial charge >= 0.3 is 6.03 Å². The average Bonchev–Trinajstić information content (AvgIpc) is 2.94. The average molecular weight is 400 g/mol. The van der Waals surface area contributed by atoms with Crippen molar-refractivity contribution in [3.63, 3.8) is 0 Å². The second-order valence-corrected chi connectivity index (χ2v) is 7.35. The molecule has 28 heavy (non-hydrogen) atoms. The molecule has 1 aromatic heterocycles. The number of carbonyl (C=O) groups excluding carboxylic acids is 3. The van der Waals surface area contributed by atoms with Crippen LogP contribution >= 0.6 is 11.6 Å². The van der Waals surface area contributed by atoms with E-state index in [1.807, 2.05) is 0 Å². The number of benzene rings is 1. The Morgan fingerprint density at radius 2 is 1.86 bits per heavy atom. The van der Waals surface area contributed by atoms with Gasteiger partial charge in [0.05, 0.1) is 12.7 Å². The highest BCUT2D eigenvalue weighted by Gasteiger charge is 2.52. The molecule has 1 aromatic carbocycles. The highest BCUT2D eigenvalue weighted by atomic mass is 35.5. The zero-order valence-electron chi connectivity index (χ0n) is 15.0. The van der Waals surface area contributed by atoms with Gasteiger partial charge < -0.3 is 10.2 Å². The van der Waals surface area contributed by atoms with Crippen LogP contribution in [-0.4, -0.2) is 56.2 Å². The van der Waals surface area contributed by atoms with Crippen molar-refractivity contribution in [1.29, 1.82) is 0 Å². The molecule has 4 rings (SSSR count). The van der Waals surface area contributed by atoms with Crippen molar-refractivity contribution in [3.05, 3.63) is 59.1 Å². The fourth-order valence-corrected chi connectivity index (χ4v) is 3.72. The van der Waals surface area contributed by atoms with E-state index in [2.05, 4.69) is 15.3 Å². The number of halogens is 1. The molecule has 0 saturated carbocycles. The molecule has 2 aliphatic rings. The first kappa shape index (κ1) is 18.4. The smallest absolute Gasteiger partial charge is 0.325 e. The summed E-state index contributed by atoms with van der Waals surface area (Å²) < 4.78 is 0. The molecule has 3 heterocycles. The summed E-state index contributed by atoms with van der Waals surface area (Å²) in [6, 6.07) is 6.61. The van der Waals surface area contributed by atoms with Crippen LogP contribution in [0.2, 0.25) is 5.02 Å². The molecule has 0 radical (unpaired) electrons. The predicted octanol–water partition coefficient (Wildman–Crippen LogP) is 1.86. The van der Waals surface area contributed by atoms with Crippen LogP contribution in [-0.2, 0) is 11.3 Å². The molecule has 8 nitrogen and oxygen atoms in total. The minimum atomic E-state index is -0.956. The third-order valence-corrected chi connectivity index (χ3v) is 5.44. The number of nitrogens with one attached hydrogen (secondary N) is 1. The summed E-state index contributed by atoms with van der Waals surface area (Å²) >= 11 is 5.89. The first-order valence-corrected chi connectivity index (χ1v) is 9.30. The summed E-state index contributed by atoms with van der Waals surface area (Å²) in [4.78, 5) is 48.7. The molecule has 2 aliphatic heterocycles. The first-order chi connectivity index (χ1) is 13.5. The lowest BCUT2D eigenvalue weighted by Crippen LogP contribution is -2.55. The zero-order valence-corrected chi connectivity index (χ0v) is 15.7. The van der Waals surface area contributed by atoms with E-state index in [9.17, 15) is 14.4 Å². The van der Waals surface area contributed by atoms with Crippen molar-refractivity contribution in [2.24, 2.45) is 0 Å². The molecule has 1 spiro atoms. The molecule has 1 N–H and O–H groups in total. The molecule has 0 bridgehead atoms. The number of nitrogens with zero attached hydrogens (tertiary/aromatic N) is 4. The highest BCUT2D eigenvalue weighted by Crippen LogP contribution is 2.31. The van der Waals surface area contributed by atoms with Crippen molar-refractivity contribution < 1.29 is 14.4 Å². The minimum Gasteiger partial charge on any atom is -0.337 e. The van der Waals surface area contributed by atoms with Crippen LogP contribution in [0.3, 0.4) is 0 Å². The molecule has 2 fully saturated rings. The first-order valence-electron chi connectivity index (χ1n) is 8.92. The molecule has 2 aromatic rings. The highest BCUT2D eigenvalue weighted by molar-refractivity contribution is 6.30. The molecule has 2 saturated heterocycles. The molecule has 4 amide bonds. The fourth-order valence-electron chi connectivity index (χ4n) is 3.59. The lowest BCUT2D eigenvalue weighted by atomic mass is 9.87. The Labute approximate surface area is 166 Å². The van der Waals surface area contributed by atoms with E-state index in [0.717, 1.165) is 5.56 Å². The second kappa shape index (κ2) is 7.20. The Morgan fingerprint density at radius 1 is 1.14 bits per heavy atom. The minimum absolute atomic E-state index is 0.186. The van der Waals surface area contributed by atoms with Gasteiger partial charge in [0, 0.05) is 30.5 Å². The molecule has 0 unspecified atom stereocenters. The van der Waals surface area contributed by atoms with Gasteiger partial charge in [-0.15, -0.1) is 0 Å². The van der Waals surface area contributed by atoms with Gasteiger partial charge in [-0.2, -0.15) is 0 Å². The maximum Gasteiger partial charge on any atom is 0.325 e. The predicted molar refractivity (Wildman–Crippen MR) is 100 cm³/mol. The Balaban J connectivity index is 1.44. The summed E-state index contributed by atoms with van der Waals surface area (Å²) in [5.41, 5.74) is 0.132. The Bertz CT molecular complexity index is 911. The Kier molecular flexibility index (Phi) is 4.72. The van der Waals surface area contributed by atoms with Gasteiger partial charge in [0.1, 0.15) is 11.2 Å². The van der Waals surface area contributed by atoms with Gasteiger partial charge in [0.2, 0.25) is 0 Å². The van der Waals surface area contributed by atoms with Gasteiger partial charge in [0.25, 0.3) is 11.8 Å². The third-order valence-electron chi connectivity index (χ3n) is 5.19. The second-order valence-electron chi connectivity index (χ2n) is 6.91. The third kappa shape index (κ3) is 3.31. The largest absolute Gasteiger partial charge is 0.337 e. The number of piperidine rings is 1.